The Balaban J connectivity index is 1.40. The number of halogens is 5. The summed E-state index contributed by atoms with van der Waals surface area (Å²) in [4.78, 5) is 14.5. The summed E-state index contributed by atoms with van der Waals surface area (Å²) in [7, 11) is -0.792. The van der Waals surface area contributed by atoms with Gasteiger partial charge >= 0.3 is 12.1 Å². The van der Waals surface area contributed by atoms with E-state index in [1.165, 1.54) is 24.3 Å². The van der Waals surface area contributed by atoms with Crippen molar-refractivity contribution in [3.05, 3.63) is 120 Å². The van der Waals surface area contributed by atoms with E-state index in [4.69, 9.17) is 9.47 Å². The van der Waals surface area contributed by atoms with Crippen LogP contribution < -0.4 is 4.74 Å². The number of hydrogen-bond acceptors (Lipinski definition) is 3. The highest BCUT2D eigenvalue weighted by atomic mass is 32.2. The van der Waals surface area contributed by atoms with Crippen LogP contribution in [-0.2, 0) is 26.6 Å². The monoisotopic (exact) mass is 583 g/mol. The van der Waals surface area contributed by atoms with Crippen LogP contribution in [-0.4, -0.2) is 18.2 Å². The van der Waals surface area contributed by atoms with Crippen molar-refractivity contribution in [1.82, 2.24) is 0 Å². The highest BCUT2D eigenvalue weighted by molar-refractivity contribution is 7.97. The van der Waals surface area contributed by atoms with E-state index in [0.717, 1.165) is 28.0 Å². The molecule has 0 amide bonds. The number of carbonyl (C=O) groups excluding carboxylic acids is 1. The fourth-order valence-corrected chi connectivity index (χ4v) is 5.85. The van der Waals surface area contributed by atoms with Crippen LogP contribution in [0.5, 0.6) is 5.75 Å². The smallest absolute Gasteiger partial charge is 0.416 e. The van der Waals surface area contributed by atoms with Gasteiger partial charge in [-0.3, -0.25) is 0 Å². The summed E-state index contributed by atoms with van der Waals surface area (Å²) >= 11 is 0. The molecular formula is C32H24F5O3S+. The summed E-state index contributed by atoms with van der Waals surface area (Å²) in [6.45, 7) is 2.69. The molecule has 0 heterocycles. The summed E-state index contributed by atoms with van der Waals surface area (Å²) in [5, 5.41) is 0. The standard InChI is InChI=1S/C32H24F5O3S/c1-31(2,17-16-22-8-10-23(11-9-22)32(35,36)37)40-30(38)21-39-26-12-14-28(15-13-26)41(27-6-4-3-5-7-27)29-19-24(33)18-25(34)20-29/h3-15,18-20H,21H2,1-2H3/q+1. The zero-order valence-electron chi connectivity index (χ0n) is 22.0. The molecule has 0 aliphatic heterocycles. The van der Waals surface area contributed by atoms with Gasteiger partial charge in [0.15, 0.2) is 26.9 Å². The SMILES string of the molecule is CC(C)(C#Cc1ccc(C(F)(F)F)cc1)OC(=O)COc1ccc([S+](c2ccccc2)c2cc(F)cc(F)c2)cc1. The molecular weight excluding hydrogens is 559 g/mol. The average molecular weight is 584 g/mol. The molecule has 4 rings (SSSR count). The summed E-state index contributed by atoms with van der Waals surface area (Å²) in [6, 6.07) is 23.9. The quantitative estimate of drug-likeness (QED) is 0.0963. The molecule has 0 aliphatic carbocycles. The van der Waals surface area contributed by atoms with E-state index in [9.17, 15) is 26.7 Å². The lowest BCUT2D eigenvalue weighted by molar-refractivity contribution is -0.154. The van der Waals surface area contributed by atoms with E-state index in [0.29, 0.717) is 16.2 Å². The van der Waals surface area contributed by atoms with Gasteiger partial charge in [-0.2, -0.15) is 13.2 Å². The minimum absolute atomic E-state index is 0.342. The van der Waals surface area contributed by atoms with Gasteiger partial charge in [0.1, 0.15) is 17.4 Å². The van der Waals surface area contributed by atoms with Crippen LogP contribution in [0.1, 0.15) is 25.0 Å². The maximum absolute atomic E-state index is 14.0. The Bertz CT molecular complexity index is 1540. The van der Waals surface area contributed by atoms with Crippen molar-refractivity contribution in [1.29, 1.82) is 0 Å². The van der Waals surface area contributed by atoms with Gasteiger partial charge in [0, 0.05) is 23.8 Å². The number of ether oxygens (including phenoxy) is 2. The van der Waals surface area contributed by atoms with E-state index < -0.39 is 52.4 Å². The third-order valence-corrected chi connectivity index (χ3v) is 7.75. The first-order valence-corrected chi connectivity index (χ1v) is 13.5. The molecule has 0 bridgehead atoms. The van der Waals surface area contributed by atoms with Crippen LogP contribution >= 0.6 is 0 Å². The normalized spacial score (nSPS) is 12.2. The molecule has 1 atom stereocenters. The van der Waals surface area contributed by atoms with Crippen LogP contribution in [0, 0.1) is 23.5 Å². The van der Waals surface area contributed by atoms with Gasteiger partial charge in [-0.15, -0.1) is 0 Å². The number of esters is 1. The number of rotatable bonds is 7. The first-order valence-electron chi connectivity index (χ1n) is 12.3. The molecule has 0 aliphatic rings. The molecule has 0 saturated heterocycles. The molecule has 0 aromatic heterocycles. The van der Waals surface area contributed by atoms with Crippen LogP contribution in [0.25, 0.3) is 0 Å². The topological polar surface area (TPSA) is 35.5 Å². The fourth-order valence-electron chi connectivity index (χ4n) is 3.73. The molecule has 0 N–H and O–H groups in total. The zero-order chi connectivity index (χ0) is 29.6. The summed E-state index contributed by atoms with van der Waals surface area (Å²) in [5.74, 6) is 3.80. The summed E-state index contributed by atoms with van der Waals surface area (Å²) in [5.41, 5.74) is -1.66. The van der Waals surface area contributed by atoms with Gasteiger partial charge in [0.2, 0.25) is 0 Å². The van der Waals surface area contributed by atoms with Crippen LogP contribution in [0.15, 0.2) is 112 Å². The summed E-state index contributed by atoms with van der Waals surface area (Å²) < 4.78 is 77.2. The second kappa shape index (κ2) is 12.5. The molecule has 0 radical (unpaired) electrons. The molecule has 4 aromatic rings. The number of benzene rings is 4. The van der Waals surface area contributed by atoms with Gasteiger partial charge in [0.25, 0.3) is 0 Å². The molecule has 0 spiro atoms. The van der Waals surface area contributed by atoms with E-state index in [2.05, 4.69) is 11.8 Å². The van der Waals surface area contributed by atoms with Crippen molar-refractivity contribution in [2.24, 2.45) is 0 Å². The largest absolute Gasteiger partial charge is 0.482 e. The third kappa shape index (κ3) is 8.35. The van der Waals surface area contributed by atoms with Gasteiger partial charge in [0.05, 0.1) is 16.5 Å². The first kappa shape index (κ1) is 29.7. The second-order valence-electron chi connectivity index (χ2n) is 9.29. The number of alkyl halides is 3. The predicted octanol–water partition coefficient (Wildman–Crippen LogP) is 7.83. The van der Waals surface area contributed by atoms with Gasteiger partial charge in [-0.25, -0.2) is 13.6 Å². The van der Waals surface area contributed by atoms with Crippen LogP contribution in [0.3, 0.4) is 0 Å². The van der Waals surface area contributed by atoms with E-state index in [-0.39, 0.29) is 0 Å². The van der Waals surface area contributed by atoms with Gasteiger partial charge < -0.3 is 9.47 Å². The van der Waals surface area contributed by atoms with Crippen molar-refractivity contribution in [3.8, 4) is 17.6 Å². The highest BCUT2D eigenvalue weighted by Gasteiger charge is 2.31. The maximum Gasteiger partial charge on any atom is 0.416 e. The molecule has 0 fully saturated rings. The van der Waals surface area contributed by atoms with Crippen LogP contribution in [0.4, 0.5) is 22.0 Å². The second-order valence-corrected chi connectivity index (χ2v) is 11.3. The minimum atomic E-state index is -4.44. The Morgan fingerprint density at radius 2 is 1.37 bits per heavy atom. The molecule has 0 saturated carbocycles. The van der Waals surface area contributed by atoms with Crippen molar-refractivity contribution < 1.29 is 36.2 Å². The fraction of sp³-hybridized carbons (Fsp3) is 0.156. The summed E-state index contributed by atoms with van der Waals surface area (Å²) in [6.07, 6.45) is -4.44. The Morgan fingerprint density at radius 3 is 1.95 bits per heavy atom. The number of carbonyl (C=O) groups is 1. The lowest BCUT2D eigenvalue weighted by Crippen LogP contribution is -2.29. The Hall–Kier alpha value is -4.29. The Morgan fingerprint density at radius 1 is 0.780 bits per heavy atom. The van der Waals surface area contributed by atoms with Crippen molar-refractivity contribution in [2.45, 2.75) is 40.3 Å². The van der Waals surface area contributed by atoms with Gasteiger partial charge in [-0.05, 0) is 74.5 Å². The number of hydrogen-bond donors (Lipinski definition) is 0. The van der Waals surface area contributed by atoms with Crippen molar-refractivity contribution >= 4 is 16.9 Å². The van der Waals surface area contributed by atoms with E-state index in [1.54, 1.807) is 38.1 Å². The molecule has 4 aromatic carbocycles. The Labute approximate surface area is 237 Å². The van der Waals surface area contributed by atoms with Crippen molar-refractivity contribution in [2.75, 3.05) is 6.61 Å². The van der Waals surface area contributed by atoms with E-state index in [1.807, 2.05) is 30.3 Å². The molecule has 3 nitrogen and oxygen atoms in total. The first-order chi connectivity index (χ1) is 19.4. The molecule has 41 heavy (non-hydrogen) atoms. The van der Waals surface area contributed by atoms with E-state index >= 15 is 0 Å². The third-order valence-electron chi connectivity index (χ3n) is 5.56. The lowest BCUT2D eigenvalue weighted by Gasteiger charge is -2.19. The highest BCUT2D eigenvalue weighted by Crippen LogP contribution is 2.33. The lowest BCUT2D eigenvalue weighted by atomic mass is 10.1. The van der Waals surface area contributed by atoms with Crippen molar-refractivity contribution in [3.63, 3.8) is 0 Å². The molecule has 1 unspecified atom stereocenters. The predicted molar refractivity (Wildman–Crippen MR) is 145 cm³/mol. The average Bonchev–Trinajstić information content (AvgIpc) is 2.91. The molecule has 9 heteroatoms. The maximum atomic E-state index is 14.0. The molecule has 210 valence electrons. The van der Waals surface area contributed by atoms with Gasteiger partial charge in [-0.1, -0.05) is 30.0 Å². The minimum Gasteiger partial charge on any atom is -0.482 e. The zero-order valence-corrected chi connectivity index (χ0v) is 22.8. The Kier molecular flexibility index (Phi) is 9.04. The van der Waals surface area contributed by atoms with Crippen LogP contribution in [0.2, 0.25) is 0 Å².